The van der Waals surface area contributed by atoms with Crippen LogP contribution in [-0.4, -0.2) is 37.7 Å². The topological polar surface area (TPSA) is 143 Å². The van der Waals surface area contributed by atoms with Crippen molar-refractivity contribution in [1.29, 1.82) is 0 Å². The fraction of sp³-hybridized carbons (Fsp3) is 0.286. The van der Waals surface area contributed by atoms with Gasteiger partial charge in [-0.3, -0.25) is 35.7 Å². The molecule has 0 unspecified atom stereocenters. The number of rotatable bonds is 7. The van der Waals surface area contributed by atoms with Gasteiger partial charge in [0.1, 0.15) is 5.82 Å². The Bertz CT molecular complexity index is 778. The van der Waals surface area contributed by atoms with E-state index in [1.807, 2.05) is 6.92 Å². The van der Waals surface area contributed by atoms with Gasteiger partial charge in [-0.15, -0.1) is 5.10 Å². The second-order valence-electron chi connectivity index (χ2n) is 4.91. The van der Waals surface area contributed by atoms with Gasteiger partial charge >= 0.3 is 0 Å². The lowest BCUT2D eigenvalue weighted by atomic mass is 10.2. The first kappa shape index (κ1) is 18.4. The number of aromatic amines is 1. The van der Waals surface area contributed by atoms with Crippen LogP contribution in [0.2, 0.25) is 0 Å². The van der Waals surface area contributed by atoms with Crippen molar-refractivity contribution >= 4 is 29.3 Å². The van der Waals surface area contributed by atoms with Crippen molar-refractivity contribution in [2.75, 3.05) is 5.75 Å². The molecule has 1 aromatic heterocycles. The standard InChI is InChI=1S/C14H16N6O4S/c1-2-4-11-15-14(19-16-11)25-8-12(21)17-18-13(22)9-5-3-6-10(7-9)20(23)24/h3,5-7H,2,4,8H2,1H3,(H,17,21)(H,18,22)(H,15,16,19). The minimum Gasteiger partial charge on any atom is -0.272 e. The van der Waals surface area contributed by atoms with E-state index in [0.717, 1.165) is 36.5 Å². The van der Waals surface area contributed by atoms with E-state index in [-0.39, 0.29) is 17.0 Å². The molecule has 0 fully saturated rings. The summed E-state index contributed by atoms with van der Waals surface area (Å²) in [5.41, 5.74) is 4.30. The highest BCUT2D eigenvalue weighted by atomic mass is 32.2. The Morgan fingerprint density at radius 1 is 1.36 bits per heavy atom. The van der Waals surface area contributed by atoms with E-state index >= 15 is 0 Å². The van der Waals surface area contributed by atoms with Crippen LogP contribution in [0.25, 0.3) is 0 Å². The third-order valence-corrected chi connectivity index (χ3v) is 3.81. The SMILES string of the molecule is CCCc1nc(SCC(=O)NNC(=O)c2cccc([N+](=O)[O-])c2)n[nH]1. The number of nitrogens with one attached hydrogen (secondary N) is 3. The van der Waals surface area contributed by atoms with E-state index in [0.29, 0.717) is 5.16 Å². The van der Waals surface area contributed by atoms with Crippen molar-refractivity contribution in [3.63, 3.8) is 0 Å². The number of nitro groups is 1. The minimum absolute atomic E-state index is 0.0125. The molecule has 11 heteroatoms. The highest BCUT2D eigenvalue weighted by Gasteiger charge is 2.13. The van der Waals surface area contributed by atoms with Crippen LogP contribution in [0.4, 0.5) is 5.69 Å². The molecule has 0 bridgehead atoms. The molecular formula is C14H16N6O4S. The van der Waals surface area contributed by atoms with Crippen molar-refractivity contribution in [2.24, 2.45) is 0 Å². The normalized spacial score (nSPS) is 10.3. The molecule has 1 heterocycles. The van der Waals surface area contributed by atoms with Crippen LogP contribution in [0.3, 0.4) is 0 Å². The number of nitro benzene ring substituents is 1. The molecular weight excluding hydrogens is 348 g/mol. The predicted molar refractivity (Wildman–Crippen MR) is 89.8 cm³/mol. The molecule has 10 nitrogen and oxygen atoms in total. The molecule has 2 amide bonds. The zero-order valence-corrected chi connectivity index (χ0v) is 14.1. The van der Waals surface area contributed by atoms with Crippen LogP contribution >= 0.6 is 11.8 Å². The summed E-state index contributed by atoms with van der Waals surface area (Å²) in [7, 11) is 0. The minimum atomic E-state index is -0.648. The van der Waals surface area contributed by atoms with Crippen LogP contribution in [0.15, 0.2) is 29.4 Å². The van der Waals surface area contributed by atoms with Crippen molar-refractivity contribution in [3.05, 3.63) is 45.8 Å². The number of benzene rings is 1. The zero-order valence-electron chi connectivity index (χ0n) is 13.3. The summed E-state index contributed by atoms with van der Waals surface area (Å²) in [6.45, 7) is 2.02. The van der Waals surface area contributed by atoms with E-state index in [4.69, 9.17) is 0 Å². The number of aryl methyl sites for hydroxylation is 1. The van der Waals surface area contributed by atoms with Crippen molar-refractivity contribution in [1.82, 2.24) is 26.0 Å². The number of hydrogen-bond donors (Lipinski definition) is 3. The highest BCUT2D eigenvalue weighted by Crippen LogP contribution is 2.13. The third kappa shape index (κ3) is 5.57. The monoisotopic (exact) mass is 364 g/mol. The zero-order chi connectivity index (χ0) is 18.2. The van der Waals surface area contributed by atoms with Gasteiger partial charge in [0.15, 0.2) is 0 Å². The van der Waals surface area contributed by atoms with Crippen LogP contribution < -0.4 is 10.9 Å². The Hall–Kier alpha value is -2.95. The lowest BCUT2D eigenvalue weighted by Crippen LogP contribution is -2.42. The van der Waals surface area contributed by atoms with Crippen LogP contribution in [-0.2, 0) is 11.2 Å². The smallest absolute Gasteiger partial charge is 0.270 e. The molecule has 3 N–H and O–H groups in total. The van der Waals surface area contributed by atoms with Gasteiger partial charge < -0.3 is 0 Å². The molecule has 0 aliphatic heterocycles. The number of thioether (sulfide) groups is 1. The second-order valence-corrected chi connectivity index (χ2v) is 5.86. The molecule has 0 aliphatic rings. The maximum atomic E-state index is 11.9. The summed E-state index contributed by atoms with van der Waals surface area (Å²) in [6, 6.07) is 5.20. The third-order valence-electron chi connectivity index (χ3n) is 2.96. The summed E-state index contributed by atoms with van der Waals surface area (Å²) in [4.78, 5) is 37.9. The average Bonchev–Trinajstić information content (AvgIpc) is 3.06. The Balaban J connectivity index is 1.79. The molecule has 1 aromatic carbocycles. The van der Waals surface area contributed by atoms with Gasteiger partial charge in [0.25, 0.3) is 11.6 Å². The Kier molecular flexibility index (Phi) is 6.46. The molecule has 0 atom stereocenters. The van der Waals surface area contributed by atoms with Gasteiger partial charge in [0.2, 0.25) is 11.1 Å². The van der Waals surface area contributed by atoms with Crippen molar-refractivity contribution in [2.45, 2.75) is 24.9 Å². The summed E-state index contributed by atoms with van der Waals surface area (Å²) in [5.74, 6) is -0.335. The van der Waals surface area contributed by atoms with Gasteiger partial charge in [0, 0.05) is 24.1 Å². The van der Waals surface area contributed by atoms with Gasteiger partial charge in [-0.1, -0.05) is 24.8 Å². The maximum Gasteiger partial charge on any atom is 0.270 e. The first-order chi connectivity index (χ1) is 12.0. The van der Waals surface area contributed by atoms with Gasteiger partial charge in [-0.05, 0) is 12.5 Å². The second kappa shape index (κ2) is 8.78. The Morgan fingerprint density at radius 2 is 2.16 bits per heavy atom. The first-order valence-corrected chi connectivity index (χ1v) is 8.36. The number of carbonyl (C=O) groups excluding carboxylic acids is 2. The summed E-state index contributed by atoms with van der Waals surface area (Å²) >= 11 is 1.12. The summed E-state index contributed by atoms with van der Waals surface area (Å²) < 4.78 is 0. The van der Waals surface area contributed by atoms with Crippen molar-refractivity contribution < 1.29 is 14.5 Å². The van der Waals surface area contributed by atoms with Crippen molar-refractivity contribution in [3.8, 4) is 0 Å². The van der Waals surface area contributed by atoms with Crippen LogP contribution in [0, 0.1) is 10.1 Å². The molecule has 0 saturated carbocycles. The molecule has 2 aromatic rings. The van der Waals surface area contributed by atoms with Crippen LogP contribution in [0.1, 0.15) is 29.5 Å². The Labute approximate surface area is 146 Å². The number of H-pyrrole nitrogens is 1. The molecule has 2 rings (SSSR count). The van der Waals surface area contributed by atoms with Crippen LogP contribution in [0.5, 0.6) is 0 Å². The summed E-state index contributed by atoms with van der Waals surface area (Å²) in [6.07, 6.45) is 1.71. The molecule has 25 heavy (non-hydrogen) atoms. The highest BCUT2D eigenvalue weighted by molar-refractivity contribution is 7.99. The van der Waals surface area contributed by atoms with E-state index in [9.17, 15) is 19.7 Å². The van der Waals surface area contributed by atoms with E-state index < -0.39 is 16.7 Å². The summed E-state index contributed by atoms with van der Waals surface area (Å²) in [5, 5.41) is 17.9. The fourth-order valence-electron chi connectivity index (χ4n) is 1.82. The number of amides is 2. The number of aromatic nitrogens is 3. The van der Waals surface area contributed by atoms with E-state index in [1.165, 1.54) is 18.2 Å². The maximum absolute atomic E-state index is 11.9. The Morgan fingerprint density at radius 3 is 2.88 bits per heavy atom. The fourth-order valence-corrected chi connectivity index (χ4v) is 2.43. The quantitative estimate of drug-likeness (QED) is 0.381. The lowest BCUT2D eigenvalue weighted by Gasteiger charge is -2.06. The number of nitrogens with zero attached hydrogens (tertiary/aromatic N) is 3. The molecule has 0 spiro atoms. The van der Waals surface area contributed by atoms with Gasteiger partial charge in [0.05, 0.1) is 10.7 Å². The lowest BCUT2D eigenvalue weighted by molar-refractivity contribution is -0.384. The molecule has 132 valence electrons. The first-order valence-electron chi connectivity index (χ1n) is 7.37. The largest absolute Gasteiger partial charge is 0.272 e. The number of non-ortho nitro benzene ring substituents is 1. The molecule has 0 aliphatic carbocycles. The molecule has 0 radical (unpaired) electrons. The number of hydrogen-bond acceptors (Lipinski definition) is 7. The average molecular weight is 364 g/mol. The predicted octanol–water partition coefficient (Wildman–Crippen LogP) is 1.22. The number of hydrazine groups is 1. The van der Waals surface area contributed by atoms with Gasteiger partial charge in [-0.2, -0.15) is 0 Å². The van der Waals surface area contributed by atoms with E-state index in [2.05, 4.69) is 26.0 Å². The molecule has 0 saturated heterocycles. The van der Waals surface area contributed by atoms with E-state index in [1.54, 1.807) is 0 Å². The number of carbonyl (C=O) groups is 2. The van der Waals surface area contributed by atoms with Gasteiger partial charge in [-0.25, -0.2) is 4.98 Å².